The lowest BCUT2D eigenvalue weighted by Crippen LogP contribution is -2.59. The molecule has 1 aromatic rings. The van der Waals surface area contributed by atoms with Gasteiger partial charge in [-0.05, 0) is 63.1 Å². The third-order valence-electron chi connectivity index (χ3n) is 6.55. The third-order valence-corrected chi connectivity index (χ3v) is 6.55. The normalized spacial score (nSPS) is 26.2. The zero-order valence-corrected chi connectivity index (χ0v) is 14.7. The van der Waals surface area contributed by atoms with Crippen LogP contribution < -0.4 is 0 Å². The van der Waals surface area contributed by atoms with Gasteiger partial charge in [0, 0.05) is 32.2 Å². The minimum atomic E-state index is 0.280. The predicted octanol–water partition coefficient (Wildman–Crippen LogP) is 3.17. The molecule has 2 aliphatic heterocycles. The molecule has 2 saturated heterocycles. The Hall–Kier alpha value is -1.49. The number of urea groups is 1. The van der Waals surface area contributed by atoms with E-state index in [1.54, 1.807) is 6.26 Å². The van der Waals surface area contributed by atoms with E-state index in [9.17, 15) is 4.79 Å². The van der Waals surface area contributed by atoms with E-state index in [2.05, 4.69) is 22.9 Å². The van der Waals surface area contributed by atoms with E-state index in [1.165, 1.54) is 25.7 Å². The van der Waals surface area contributed by atoms with Gasteiger partial charge in [-0.3, -0.25) is 4.90 Å². The van der Waals surface area contributed by atoms with Crippen molar-refractivity contribution in [2.75, 3.05) is 33.2 Å². The molecule has 0 bridgehead atoms. The number of hydrogen-bond acceptors (Lipinski definition) is 3. The fourth-order valence-electron chi connectivity index (χ4n) is 4.96. The van der Waals surface area contributed by atoms with Crippen molar-refractivity contribution in [3.63, 3.8) is 0 Å². The summed E-state index contributed by atoms with van der Waals surface area (Å²) in [5.41, 5.74) is 0.420. The van der Waals surface area contributed by atoms with Crippen LogP contribution in [0, 0.1) is 5.41 Å². The minimum absolute atomic E-state index is 0.280. The Labute approximate surface area is 144 Å². The molecule has 132 valence electrons. The molecule has 1 aliphatic carbocycles. The summed E-state index contributed by atoms with van der Waals surface area (Å²) < 4.78 is 5.50. The fourth-order valence-corrected chi connectivity index (χ4v) is 4.96. The second kappa shape index (κ2) is 6.43. The topological polar surface area (TPSA) is 39.9 Å². The van der Waals surface area contributed by atoms with Crippen LogP contribution in [0.1, 0.15) is 44.3 Å². The summed E-state index contributed by atoms with van der Waals surface area (Å²) in [5.74, 6) is 1.04. The smallest absolute Gasteiger partial charge is 0.319 e. The van der Waals surface area contributed by atoms with E-state index in [0.29, 0.717) is 11.5 Å². The van der Waals surface area contributed by atoms with Gasteiger partial charge < -0.3 is 14.2 Å². The summed E-state index contributed by atoms with van der Waals surface area (Å²) in [7, 11) is 2.22. The average Bonchev–Trinajstić information content (AvgIpc) is 3.26. The Morgan fingerprint density at radius 2 is 1.92 bits per heavy atom. The maximum atomic E-state index is 12.6. The quantitative estimate of drug-likeness (QED) is 0.854. The van der Waals surface area contributed by atoms with Crippen LogP contribution in [-0.2, 0) is 6.54 Å². The van der Waals surface area contributed by atoms with Crippen molar-refractivity contribution in [2.45, 2.75) is 51.1 Å². The number of carbonyl (C=O) groups is 1. The van der Waals surface area contributed by atoms with Gasteiger partial charge in [-0.15, -0.1) is 0 Å². The third kappa shape index (κ3) is 2.83. The first-order valence-electron chi connectivity index (χ1n) is 9.44. The van der Waals surface area contributed by atoms with Crippen molar-refractivity contribution >= 4 is 6.03 Å². The molecule has 24 heavy (non-hydrogen) atoms. The van der Waals surface area contributed by atoms with E-state index in [4.69, 9.17) is 4.42 Å². The summed E-state index contributed by atoms with van der Waals surface area (Å²) in [6.07, 6.45) is 8.98. The Balaban J connectivity index is 1.33. The van der Waals surface area contributed by atoms with Gasteiger partial charge >= 0.3 is 6.03 Å². The largest absolute Gasteiger partial charge is 0.468 e. The Morgan fingerprint density at radius 1 is 1.21 bits per heavy atom. The zero-order chi connectivity index (χ0) is 16.6. The molecule has 2 amide bonds. The molecular weight excluding hydrogens is 302 g/mol. The summed E-state index contributed by atoms with van der Waals surface area (Å²) in [6.45, 7) is 4.65. The summed E-state index contributed by atoms with van der Waals surface area (Å²) in [4.78, 5) is 19.2. The van der Waals surface area contributed by atoms with E-state index < -0.39 is 0 Å². The van der Waals surface area contributed by atoms with Gasteiger partial charge in [0.15, 0.2) is 0 Å². The predicted molar refractivity (Wildman–Crippen MR) is 92.6 cm³/mol. The Kier molecular flexibility index (Phi) is 4.29. The molecule has 5 heteroatoms. The van der Waals surface area contributed by atoms with Crippen LogP contribution in [0.15, 0.2) is 22.8 Å². The molecule has 3 fully saturated rings. The van der Waals surface area contributed by atoms with E-state index >= 15 is 0 Å². The summed E-state index contributed by atoms with van der Waals surface area (Å²) >= 11 is 0. The second-order valence-corrected chi connectivity index (χ2v) is 7.88. The number of rotatable bonds is 3. The molecule has 1 aromatic heterocycles. The maximum Gasteiger partial charge on any atom is 0.319 e. The number of hydrogen-bond donors (Lipinski definition) is 0. The zero-order valence-electron chi connectivity index (χ0n) is 14.7. The van der Waals surface area contributed by atoms with Crippen LogP contribution in [0.25, 0.3) is 0 Å². The molecule has 1 saturated carbocycles. The van der Waals surface area contributed by atoms with Crippen LogP contribution in [0.4, 0.5) is 4.79 Å². The van der Waals surface area contributed by atoms with Crippen LogP contribution in [0.2, 0.25) is 0 Å². The van der Waals surface area contributed by atoms with E-state index in [-0.39, 0.29) is 6.03 Å². The molecule has 3 aliphatic rings. The number of amides is 2. The lowest BCUT2D eigenvalue weighted by molar-refractivity contribution is -0.0586. The highest BCUT2D eigenvalue weighted by Gasteiger charge is 2.50. The molecule has 4 rings (SSSR count). The molecule has 0 N–H and O–H groups in total. The lowest BCUT2D eigenvalue weighted by Gasteiger charge is -2.57. The highest BCUT2D eigenvalue weighted by atomic mass is 16.3. The first kappa shape index (κ1) is 16.0. The maximum absolute atomic E-state index is 12.6. The van der Waals surface area contributed by atoms with Gasteiger partial charge in [0.25, 0.3) is 0 Å². The molecule has 5 nitrogen and oxygen atoms in total. The lowest BCUT2D eigenvalue weighted by atomic mass is 9.59. The van der Waals surface area contributed by atoms with Gasteiger partial charge in [-0.2, -0.15) is 0 Å². The molecule has 3 heterocycles. The van der Waals surface area contributed by atoms with Crippen LogP contribution >= 0.6 is 0 Å². The Morgan fingerprint density at radius 3 is 2.50 bits per heavy atom. The fraction of sp³-hybridized carbons (Fsp3) is 0.737. The van der Waals surface area contributed by atoms with Crippen molar-refractivity contribution in [2.24, 2.45) is 5.41 Å². The van der Waals surface area contributed by atoms with E-state index in [0.717, 1.165) is 51.3 Å². The van der Waals surface area contributed by atoms with Crippen LogP contribution in [0.5, 0.6) is 0 Å². The monoisotopic (exact) mass is 331 g/mol. The minimum Gasteiger partial charge on any atom is -0.468 e. The number of likely N-dealkylation sites (tertiary alicyclic amines) is 2. The molecule has 0 radical (unpaired) electrons. The molecule has 0 aromatic carbocycles. The van der Waals surface area contributed by atoms with Crippen molar-refractivity contribution < 1.29 is 9.21 Å². The first-order valence-corrected chi connectivity index (χ1v) is 9.44. The first-order chi connectivity index (χ1) is 11.7. The second-order valence-electron chi connectivity index (χ2n) is 7.88. The average molecular weight is 331 g/mol. The number of carbonyl (C=O) groups excluding carboxylic acids is 1. The van der Waals surface area contributed by atoms with Crippen molar-refractivity contribution in [3.8, 4) is 0 Å². The van der Waals surface area contributed by atoms with Crippen LogP contribution in [0.3, 0.4) is 0 Å². The molecule has 1 spiro atoms. The summed E-state index contributed by atoms with van der Waals surface area (Å²) in [6, 6.07) is 4.93. The van der Waals surface area contributed by atoms with Crippen molar-refractivity contribution in [3.05, 3.63) is 24.2 Å². The van der Waals surface area contributed by atoms with Gasteiger partial charge in [-0.1, -0.05) is 0 Å². The van der Waals surface area contributed by atoms with E-state index in [1.807, 2.05) is 11.0 Å². The number of nitrogens with zero attached hydrogens (tertiary/aromatic N) is 3. The van der Waals surface area contributed by atoms with Gasteiger partial charge in [0.05, 0.1) is 12.8 Å². The van der Waals surface area contributed by atoms with Gasteiger partial charge in [0.2, 0.25) is 0 Å². The van der Waals surface area contributed by atoms with Crippen molar-refractivity contribution in [1.29, 1.82) is 0 Å². The highest BCUT2D eigenvalue weighted by Crippen LogP contribution is 2.51. The van der Waals surface area contributed by atoms with Crippen molar-refractivity contribution in [1.82, 2.24) is 14.7 Å². The number of piperidine rings is 1. The highest BCUT2D eigenvalue weighted by molar-refractivity contribution is 5.74. The standard InChI is InChI=1S/C19H29N3O2/c1-20(15-16-5-4-14-24-16)17-6-7-19(17)8-12-22(13-9-19)18(23)21-10-2-3-11-21/h4-5,14,17H,2-3,6-13,15H2,1H3/t17-/m0/s1. The van der Waals surface area contributed by atoms with Gasteiger partial charge in [0.1, 0.15) is 5.76 Å². The van der Waals surface area contributed by atoms with Gasteiger partial charge in [-0.25, -0.2) is 4.79 Å². The Bertz CT molecular complexity index is 557. The molecular formula is C19H29N3O2. The van der Waals surface area contributed by atoms with Crippen LogP contribution in [-0.4, -0.2) is 60.0 Å². The number of furan rings is 1. The summed E-state index contributed by atoms with van der Waals surface area (Å²) in [5, 5.41) is 0. The SMILES string of the molecule is CN(Cc1ccco1)[C@H]1CCC12CCN(C(=O)N1CCCC1)CC2. The molecule has 1 atom stereocenters. The molecule has 0 unspecified atom stereocenters.